The van der Waals surface area contributed by atoms with E-state index in [-0.39, 0.29) is 28.1 Å². The van der Waals surface area contributed by atoms with Crippen molar-refractivity contribution in [2.45, 2.75) is 0 Å². The highest BCUT2D eigenvalue weighted by Crippen LogP contribution is 2.32. The number of carbonyl (C=O) groups is 1. The number of nitrogens with two attached hydrogens (primary N) is 1. The summed E-state index contributed by atoms with van der Waals surface area (Å²) in [6, 6.07) is 20.0. The number of carbonyl (C=O) groups excluding carboxylic acids is 1. The molecule has 2 aromatic heterocycles. The van der Waals surface area contributed by atoms with Crippen LogP contribution < -0.4 is 11.3 Å². The summed E-state index contributed by atoms with van der Waals surface area (Å²) in [7, 11) is 0. The van der Waals surface area contributed by atoms with Gasteiger partial charge in [-0.2, -0.15) is 0 Å². The number of hydrogen-bond donors (Lipinski definition) is 3. The van der Waals surface area contributed by atoms with Crippen molar-refractivity contribution in [2.24, 2.45) is 0 Å². The van der Waals surface area contributed by atoms with Crippen molar-refractivity contribution in [1.82, 2.24) is 9.66 Å². The molecule has 0 aliphatic heterocycles. The third-order valence-corrected chi connectivity index (χ3v) is 6.09. The number of aromatic hydroxyl groups is 1. The number of nitrogens with one attached hydrogen (secondary N) is 1. The van der Waals surface area contributed by atoms with Gasteiger partial charge in [0.15, 0.2) is 11.3 Å². The fourth-order valence-corrected chi connectivity index (χ4v) is 4.47. The minimum atomic E-state index is -0.375. The molecule has 3 aromatic carbocycles. The van der Waals surface area contributed by atoms with E-state index in [1.807, 2.05) is 42.5 Å². The quantitative estimate of drug-likeness (QED) is 0.307. The molecule has 0 saturated carbocycles. The number of rotatable bonds is 3. The zero-order valence-corrected chi connectivity index (χ0v) is 16.5. The number of benzene rings is 3. The second-order valence-corrected chi connectivity index (χ2v) is 7.93. The van der Waals surface area contributed by atoms with E-state index in [9.17, 15) is 9.90 Å². The average Bonchev–Trinajstić information content (AvgIpc) is 3.19. The number of phenols is 1. The van der Waals surface area contributed by atoms with Crippen molar-refractivity contribution >= 4 is 38.1 Å². The van der Waals surface area contributed by atoms with Gasteiger partial charge in [-0.05, 0) is 29.7 Å². The number of fused-ring (bicyclic) bond motifs is 2. The lowest BCUT2D eigenvalue weighted by Gasteiger charge is -2.10. The summed E-state index contributed by atoms with van der Waals surface area (Å²) in [6.45, 7) is 0. The first kappa shape index (κ1) is 18.1. The molecule has 0 bridgehead atoms. The Labute approximate surface area is 175 Å². The number of hydrogen-bond acceptors (Lipinski definition) is 6. The maximum Gasteiger partial charge on any atom is 0.198 e. The Kier molecular flexibility index (Phi) is 4.11. The third-order valence-electron chi connectivity index (χ3n) is 5.02. The summed E-state index contributed by atoms with van der Waals surface area (Å²) < 4.78 is 2.09. The Morgan fingerprint density at radius 3 is 2.67 bits per heavy atom. The van der Waals surface area contributed by atoms with E-state index in [1.165, 1.54) is 17.5 Å². The van der Waals surface area contributed by atoms with Crippen molar-refractivity contribution in [3.63, 3.8) is 0 Å². The number of para-hydroxylation sites is 1. The number of aromatic nitrogens is 2. The highest BCUT2D eigenvalue weighted by molar-refractivity contribution is 7.21. The van der Waals surface area contributed by atoms with E-state index in [1.54, 1.807) is 24.3 Å². The van der Waals surface area contributed by atoms with E-state index >= 15 is 0 Å². The number of nitrogen functional groups attached to an aromatic ring is 1. The SMILES string of the molecule is N=c1c(-c2nc3ccccc3s2)cc(C(=O)c2ccc3ccccc3c2O)cn1N. The molecule has 0 aliphatic rings. The molecule has 0 amide bonds. The Morgan fingerprint density at radius 2 is 1.83 bits per heavy atom. The Balaban J connectivity index is 1.66. The summed E-state index contributed by atoms with van der Waals surface area (Å²) in [5, 5.41) is 21.1. The number of thiazole rings is 1. The second kappa shape index (κ2) is 6.82. The molecular formula is C23H16N4O2S. The molecular weight excluding hydrogens is 396 g/mol. The molecule has 0 aliphatic carbocycles. The lowest BCUT2D eigenvalue weighted by Crippen LogP contribution is -2.29. The molecule has 0 spiro atoms. The van der Waals surface area contributed by atoms with E-state index in [2.05, 4.69) is 4.98 Å². The molecule has 0 saturated heterocycles. The lowest BCUT2D eigenvalue weighted by atomic mass is 9.98. The van der Waals surface area contributed by atoms with Crippen LogP contribution in [-0.4, -0.2) is 20.5 Å². The molecule has 5 rings (SSSR count). The minimum Gasteiger partial charge on any atom is -0.507 e. The molecule has 6 nitrogen and oxygen atoms in total. The molecule has 0 atom stereocenters. The first-order valence-electron chi connectivity index (χ1n) is 9.20. The molecule has 30 heavy (non-hydrogen) atoms. The Hall–Kier alpha value is -3.97. The summed E-state index contributed by atoms with van der Waals surface area (Å²) in [6.07, 6.45) is 1.40. The van der Waals surface area contributed by atoms with Crippen LogP contribution in [0.5, 0.6) is 5.75 Å². The van der Waals surface area contributed by atoms with E-state index in [0.717, 1.165) is 20.3 Å². The number of phenolic OH excluding ortho intramolecular Hbond substituents is 1. The second-order valence-electron chi connectivity index (χ2n) is 6.90. The van der Waals surface area contributed by atoms with Gasteiger partial charge >= 0.3 is 0 Å². The summed E-state index contributed by atoms with van der Waals surface area (Å²) in [5.41, 5.74) is 1.79. The Bertz CT molecular complexity index is 1480. The van der Waals surface area contributed by atoms with Crippen LogP contribution in [0, 0.1) is 5.41 Å². The molecule has 2 heterocycles. The highest BCUT2D eigenvalue weighted by Gasteiger charge is 2.19. The summed E-state index contributed by atoms with van der Waals surface area (Å²) >= 11 is 1.43. The van der Waals surface area contributed by atoms with Gasteiger partial charge in [-0.3, -0.25) is 14.9 Å². The van der Waals surface area contributed by atoms with Gasteiger partial charge in [-0.25, -0.2) is 4.98 Å². The topological polar surface area (TPSA) is 105 Å². The molecule has 5 aromatic rings. The van der Waals surface area contributed by atoms with Crippen LogP contribution in [0.2, 0.25) is 0 Å². The van der Waals surface area contributed by atoms with Gasteiger partial charge in [0.05, 0.1) is 21.3 Å². The van der Waals surface area contributed by atoms with Crippen LogP contribution in [0.25, 0.3) is 31.6 Å². The molecule has 0 unspecified atom stereocenters. The first-order chi connectivity index (χ1) is 14.5. The minimum absolute atomic E-state index is 0.0494. The van der Waals surface area contributed by atoms with Gasteiger partial charge in [-0.1, -0.05) is 42.5 Å². The van der Waals surface area contributed by atoms with Crippen LogP contribution in [0.15, 0.2) is 72.9 Å². The predicted octanol–water partition coefficient (Wildman–Crippen LogP) is 4.05. The van der Waals surface area contributed by atoms with Crippen LogP contribution in [0.4, 0.5) is 0 Å². The molecule has 0 fully saturated rings. The van der Waals surface area contributed by atoms with Gasteiger partial charge in [0.2, 0.25) is 0 Å². The normalized spacial score (nSPS) is 11.2. The average molecular weight is 412 g/mol. The maximum absolute atomic E-state index is 13.2. The van der Waals surface area contributed by atoms with Gasteiger partial charge in [-0.15, -0.1) is 11.3 Å². The predicted molar refractivity (Wildman–Crippen MR) is 118 cm³/mol. The van der Waals surface area contributed by atoms with Gasteiger partial charge < -0.3 is 10.9 Å². The molecule has 4 N–H and O–H groups in total. The van der Waals surface area contributed by atoms with E-state index in [0.29, 0.717) is 16.0 Å². The standard InChI is InChI=1S/C23H16N4O2S/c24-22-17(23-26-18-7-3-4-8-19(18)30-23)11-14(12-27(22)25)20(28)16-10-9-13-5-1-2-6-15(13)21(16)29/h1-12,24,29H,25H2. The zero-order chi connectivity index (χ0) is 20.8. The van der Waals surface area contributed by atoms with Gasteiger partial charge in [0, 0.05) is 17.1 Å². The van der Waals surface area contributed by atoms with Crippen LogP contribution in [0.3, 0.4) is 0 Å². The van der Waals surface area contributed by atoms with Crippen molar-refractivity contribution < 1.29 is 9.90 Å². The number of nitrogens with zero attached hydrogens (tertiary/aromatic N) is 2. The third kappa shape index (κ3) is 2.84. The van der Waals surface area contributed by atoms with Crippen LogP contribution in [-0.2, 0) is 0 Å². The largest absolute Gasteiger partial charge is 0.507 e. The fourth-order valence-electron chi connectivity index (χ4n) is 3.48. The fraction of sp³-hybridized carbons (Fsp3) is 0. The van der Waals surface area contributed by atoms with Crippen LogP contribution in [0.1, 0.15) is 15.9 Å². The first-order valence-corrected chi connectivity index (χ1v) is 10.0. The highest BCUT2D eigenvalue weighted by atomic mass is 32.1. The zero-order valence-electron chi connectivity index (χ0n) is 15.7. The lowest BCUT2D eigenvalue weighted by molar-refractivity contribution is 0.103. The van der Waals surface area contributed by atoms with Gasteiger partial charge in [0.25, 0.3) is 0 Å². The Morgan fingerprint density at radius 1 is 1.07 bits per heavy atom. The van der Waals surface area contributed by atoms with Crippen LogP contribution >= 0.6 is 11.3 Å². The maximum atomic E-state index is 13.2. The monoisotopic (exact) mass is 412 g/mol. The summed E-state index contributed by atoms with van der Waals surface area (Å²) in [5.74, 6) is 5.54. The van der Waals surface area contributed by atoms with Crippen molar-refractivity contribution in [1.29, 1.82) is 5.41 Å². The molecule has 7 heteroatoms. The van der Waals surface area contributed by atoms with E-state index in [4.69, 9.17) is 11.3 Å². The number of ketones is 1. The van der Waals surface area contributed by atoms with E-state index < -0.39 is 0 Å². The van der Waals surface area contributed by atoms with Crippen molar-refractivity contribution in [2.75, 3.05) is 5.84 Å². The van der Waals surface area contributed by atoms with Gasteiger partial charge in [0.1, 0.15) is 10.8 Å². The molecule has 146 valence electrons. The molecule has 0 radical (unpaired) electrons. The van der Waals surface area contributed by atoms with Crippen molar-refractivity contribution in [3.05, 3.63) is 89.5 Å². The van der Waals surface area contributed by atoms with Crippen molar-refractivity contribution in [3.8, 4) is 16.3 Å². The number of pyridine rings is 1. The summed E-state index contributed by atoms with van der Waals surface area (Å²) in [4.78, 5) is 17.8. The smallest absolute Gasteiger partial charge is 0.198 e.